The molecular weight excluding hydrogens is 168 g/mol. The Labute approximate surface area is 91.5 Å². The fourth-order valence-electron chi connectivity index (χ4n) is 2.63. The van der Waals surface area contributed by atoms with Gasteiger partial charge in [0.1, 0.15) is 0 Å². The quantitative estimate of drug-likeness (QED) is 0.532. The zero-order valence-corrected chi connectivity index (χ0v) is 11.1. The molecule has 0 amide bonds. The summed E-state index contributed by atoms with van der Waals surface area (Å²) in [5, 5.41) is 0. The second-order valence-corrected chi connectivity index (χ2v) is 5.42. The zero-order chi connectivity index (χ0) is 11.1. The van der Waals surface area contributed by atoms with Crippen molar-refractivity contribution >= 4 is 0 Å². The van der Waals surface area contributed by atoms with Gasteiger partial charge < -0.3 is 0 Å². The number of hydrogen-bond acceptors (Lipinski definition) is 0. The lowest BCUT2D eigenvalue weighted by molar-refractivity contribution is 0.215. The molecule has 3 atom stereocenters. The maximum atomic E-state index is 2.46. The van der Waals surface area contributed by atoms with Crippen molar-refractivity contribution in [1.29, 1.82) is 0 Å². The summed E-state index contributed by atoms with van der Waals surface area (Å²) in [4.78, 5) is 0. The average Bonchev–Trinajstić information content (AvgIpc) is 2.12. The molecule has 3 unspecified atom stereocenters. The molecule has 0 aromatic rings. The van der Waals surface area contributed by atoms with E-state index in [4.69, 9.17) is 0 Å². The third-order valence-electron chi connectivity index (χ3n) is 3.67. The molecule has 86 valence electrons. The minimum atomic E-state index is 0.853. The van der Waals surface area contributed by atoms with Gasteiger partial charge in [0.15, 0.2) is 0 Å². The van der Waals surface area contributed by atoms with Crippen LogP contribution in [0, 0.1) is 23.7 Å². The van der Waals surface area contributed by atoms with Gasteiger partial charge in [-0.25, -0.2) is 0 Å². The first-order valence-electron chi connectivity index (χ1n) is 6.52. The number of rotatable bonds is 7. The van der Waals surface area contributed by atoms with Crippen molar-refractivity contribution in [3.05, 3.63) is 0 Å². The maximum Gasteiger partial charge on any atom is -0.0389 e. The van der Waals surface area contributed by atoms with Crippen molar-refractivity contribution in [1.82, 2.24) is 0 Å². The van der Waals surface area contributed by atoms with Crippen LogP contribution in [0.2, 0.25) is 0 Å². The van der Waals surface area contributed by atoms with Crippen LogP contribution in [0.1, 0.15) is 67.2 Å². The van der Waals surface area contributed by atoms with E-state index in [0.29, 0.717) is 0 Å². The summed E-state index contributed by atoms with van der Waals surface area (Å²) in [6.07, 6.45) is 5.51. The van der Waals surface area contributed by atoms with Gasteiger partial charge >= 0.3 is 0 Å². The molecular formula is C14H30. The van der Waals surface area contributed by atoms with Crippen molar-refractivity contribution < 1.29 is 0 Å². The van der Waals surface area contributed by atoms with Gasteiger partial charge in [-0.2, -0.15) is 0 Å². The molecule has 0 aromatic carbocycles. The van der Waals surface area contributed by atoms with Crippen molar-refractivity contribution in [2.24, 2.45) is 23.7 Å². The van der Waals surface area contributed by atoms with Crippen molar-refractivity contribution in [3.8, 4) is 0 Å². The van der Waals surface area contributed by atoms with Gasteiger partial charge in [-0.05, 0) is 30.1 Å². The molecule has 0 heteroatoms. The van der Waals surface area contributed by atoms with Gasteiger partial charge in [0, 0.05) is 0 Å². The SMILES string of the molecule is CCCC(CC)C(C)C(C)CC(C)C. The lowest BCUT2D eigenvalue weighted by atomic mass is 9.77. The van der Waals surface area contributed by atoms with Gasteiger partial charge in [-0.15, -0.1) is 0 Å². The minimum absolute atomic E-state index is 0.853. The Morgan fingerprint density at radius 3 is 1.86 bits per heavy atom. The highest BCUT2D eigenvalue weighted by Crippen LogP contribution is 2.30. The van der Waals surface area contributed by atoms with Crippen LogP contribution in [0.15, 0.2) is 0 Å². The lowest BCUT2D eigenvalue weighted by Gasteiger charge is -2.29. The van der Waals surface area contributed by atoms with E-state index in [1.54, 1.807) is 0 Å². The highest BCUT2D eigenvalue weighted by molar-refractivity contribution is 4.71. The molecule has 0 bridgehead atoms. The summed E-state index contributed by atoms with van der Waals surface area (Å²) in [5.74, 6) is 3.61. The van der Waals surface area contributed by atoms with Gasteiger partial charge in [0.2, 0.25) is 0 Å². The van der Waals surface area contributed by atoms with E-state index >= 15 is 0 Å². The van der Waals surface area contributed by atoms with E-state index in [1.807, 2.05) is 0 Å². The summed E-state index contributed by atoms with van der Waals surface area (Å²) < 4.78 is 0. The fourth-order valence-corrected chi connectivity index (χ4v) is 2.63. The second-order valence-electron chi connectivity index (χ2n) is 5.42. The predicted octanol–water partition coefficient (Wildman–Crippen LogP) is 5.13. The average molecular weight is 198 g/mol. The third-order valence-corrected chi connectivity index (χ3v) is 3.67. The summed E-state index contributed by atoms with van der Waals surface area (Å²) >= 11 is 0. The highest BCUT2D eigenvalue weighted by atomic mass is 14.3. The van der Waals surface area contributed by atoms with E-state index in [1.165, 1.54) is 25.7 Å². The predicted molar refractivity (Wildman–Crippen MR) is 66.5 cm³/mol. The van der Waals surface area contributed by atoms with Crippen LogP contribution in [-0.2, 0) is 0 Å². The lowest BCUT2D eigenvalue weighted by Crippen LogP contribution is -2.19. The Balaban J connectivity index is 4.04. The summed E-state index contributed by atoms with van der Waals surface area (Å²) in [6, 6.07) is 0. The first-order valence-corrected chi connectivity index (χ1v) is 6.52. The minimum Gasteiger partial charge on any atom is -0.0654 e. The number of hydrogen-bond donors (Lipinski definition) is 0. The Morgan fingerprint density at radius 1 is 0.929 bits per heavy atom. The largest absolute Gasteiger partial charge is 0.0654 e. The molecule has 0 aromatic heterocycles. The maximum absolute atomic E-state index is 2.46. The van der Waals surface area contributed by atoms with Gasteiger partial charge in [0.25, 0.3) is 0 Å². The van der Waals surface area contributed by atoms with Gasteiger partial charge in [-0.1, -0.05) is 60.8 Å². The van der Waals surface area contributed by atoms with Crippen molar-refractivity contribution in [2.45, 2.75) is 67.2 Å². The van der Waals surface area contributed by atoms with Crippen LogP contribution >= 0.6 is 0 Å². The normalized spacial score (nSPS) is 18.2. The molecule has 14 heavy (non-hydrogen) atoms. The van der Waals surface area contributed by atoms with E-state index in [0.717, 1.165) is 23.7 Å². The smallest absolute Gasteiger partial charge is 0.0389 e. The monoisotopic (exact) mass is 198 g/mol. The molecule has 0 rings (SSSR count). The molecule has 0 N–H and O–H groups in total. The van der Waals surface area contributed by atoms with Crippen LogP contribution in [0.4, 0.5) is 0 Å². The van der Waals surface area contributed by atoms with Crippen LogP contribution in [0.25, 0.3) is 0 Å². The molecule has 0 spiro atoms. The molecule has 0 saturated carbocycles. The zero-order valence-electron chi connectivity index (χ0n) is 11.1. The third kappa shape index (κ3) is 5.02. The Bertz CT molecular complexity index is 126. The highest BCUT2D eigenvalue weighted by Gasteiger charge is 2.21. The van der Waals surface area contributed by atoms with Crippen LogP contribution < -0.4 is 0 Å². The molecule has 0 aliphatic carbocycles. The van der Waals surface area contributed by atoms with Crippen LogP contribution in [0.3, 0.4) is 0 Å². The Morgan fingerprint density at radius 2 is 1.50 bits per heavy atom. The molecule has 0 aliphatic rings. The second kappa shape index (κ2) is 7.31. The molecule has 0 radical (unpaired) electrons. The van der Waals surface area contributed by atoms with Crippen molar-refractivity contribution in [2.75, 3.05) is 0 Å². The molecule has 0 heterocycles. The molecule has 0 saturated heterocycles. The standard InChI is InChI=1S/C14H30/c1-7-9-14(8-2)13(6)12(5)10-11(3)4/h11-14H,7-10H2,1-6H3. The van der Waals surface area contributed by atoms with Crippen LogP contribution in [0.5, 0.6) is 0 Å². The van der Waals surface area contributed by atoms with E-state index in [2.05, 4.69) is 41.5 Å². The van der Waals surface area contributed by atoms with E-state index in [-0.39, 0.29) is 0 Å². The molecule has 0 nitrogen and oxygen atoms in total. The fraction of sp³-hybridized carbons (Fsp3) is 1.00. The topological polar surface area (TPSA) is 0 Å². The first kappa shape index (κ1) is 14.0. The Hall–Kier alpha value is 0. The summed E-state index contributed by atoms with van der Waals surface area (Å²) in [5.41, 5.74) is 0. The summed E-state index contributed by atoms with van der Waals surface area (Å²) in [7, 11) is 0. The van der Waals surface area contributed by atoms with E-state index < -0.39 is 0 Å². The first-order chi connectivity index (χ1) is 6.52. The van der Waals surface area contributed by atoms with Gasteiger partial charge in [-0.3, -0.25) is 0 Å². The molecule has 0 aliphatic heterocycles. The van der Waals surface area contributed by atoms with Gasteiger partial charge in [0.05, 0.1) is 0 Å². The summed E-state index contributed by atoms with van der Waals surface area (Å²) in [6.45, 7) is 14.2. The molecule has 0 fully saturated rings. The van der Waals surface area contributed by atoms with E-state index in [9.17, 15) is 0 Å². The Kier molecular flexibility index (Phi) is 7.31. The van der Waals surface area contributed by atoms with Crippen molar-refractivity contribution in [3.63, 3.8) is 0 Å². The van der Waals surface area contributed by atoms with Crippen LogP contribution in [-0.4, -0.2) is 0 Å².